The molecule has 1 amide bonds. The smallest absolute Gasteiger partial charge is 0.259 e. The number of para-hydroxylation sites is 1. The molecule has 2 rings (SSSR count). The minimum absolute atomic E-state index is 0.301. The van der Waals surface area contributed by atoms with E-state index in [0.717, 1.165) is 5.56 Å². The lowest BCUT2D eigenvalue weighted by atomic mass is 10.1. The van der Waals surface area contributed by atoms with E-state index < -0.39 is 8.07 Å². The number of anilines is 2. The number of aromatic nitrogens is 1. The second kappa shape index (κ2) is 7.19. The van der Waals surface area contributed by atoms with Crippen LogP contribution < -0.4 is 15.8 Å². The van der Waals surface area contributed by atoms with E-state index in [-0.39, 0.29) is 5.91 Å². The average molecular weight is 339 g/mol. The van der Waals surface area contributed by atoms with Crippen molar-refractivity contribution >= 4 is 25.5 Å². The van der Waals surface area contributed by atoms with Gasteiger partial charge in [-0.3, -0.25) is 4.79 Å². The van der Waals surface area contributed by atoms with E-state index in [9.17, 15) is 4.79 Å². The summed E-state index contributed by atoms with van der Waals surface area (Å²) in [4.78, 5) is 16.6. The molecule has 0 aliphatic carbocycles. The molecule has 1 aromatic carbocycles. The van der Waals surface area contributed by atoms with Gasteiger partial charge in [-0.2, -0.15) is 0 Å². The molecule has 0 unspecified atom stereocenters. The first-order valence-corrected chi connectivity index (χ1v) is 11.0. The maximum absolute atomic E-state index is 12.3. The van der Waals surface area contributed by atoms with Gasteiger partial charge in [-0.15, -0.1) is 5.54 Å². The summed E-state index contributed by atoms with van der Waals surface area (Å²) in [5, 5.41) is 2.72. The van der Waals surface area contributed by atoms with Gasteiger partial charge in [0, 0.05) is 11.8 Å². The van der Waals surface area contributed by atoms with Crippen LogP contribution in [0.3, 0.4) is 0 Å². The summed E-state index contributed by atoms with van der Waals surface area (Å²) in [5.41, 5.74) is 10.7. The minimum Gasteiger partial charge on any atom is -0.495 e. The fraction of sp³-hybridized carbons (Fsp3) is 0.222. The van der Waals surface area contributed by atoms with Gasteiger partial charge in [-0.1, -0.05) is 31.6 Å². The van der Waals surface area contributed by atoms with Gasteiger partial charge in [-0.05, 0) is 24.3 Å². The van der Waals surface area contributed by atoms with Crippen LogP contribution >= 0.6 is 0 Å². The Hall–Kier alpha value is -2.78. The lowest BCUT2D eigenvalue weighted by molar-refractivity contribution is 0.102. The highest BCUT2D eigenvalue weighted by Gasteiger charge is 2.13. The van der Waals surface area contributed by atoms with E-state index >= 15 is 0 Å². The summed E-state index contributed by atoms with van der Waals surface area (Å²) in [5.74, 6) is 3.70. The first-order chi connectivity index (χ1) is 11.3. The number of methoxy groups -OCH3 is 1. The van der Waals surface area contributed by atoms with Crippen LogP contribution in [-0.4, -0.2) is 26.1 Å². The summed E-state index contributed by atoms with van der Waals surface area (Å²) < 4.78 is 5.12. The highest BCUT2D eigenvalue weighted by Crippen LogP contribution is 2.25. The molecule has 0 bridgehead atoms. The molecule has 1 heterocycles. The van der Waals surface area contributed by atoms with Crippen LogP contribution in [0.2, 0.25) is 19.6 Å². The molecule has 5 nitrogen and oxygen atoms in total. The van der Waals surface area contributed by atoms with Gasteiger partial charge < -0.3 is 15.8 Å². The molecule has 0 radical (unpaired) electrons. The molecule has 124 valence electrons. The Morgan fingerprint density at radius 2 is 2.00 bits per heavy atom. The number of nitrogens with one attached hydrogen (secondary N) is 1. The van der Waals surface area contributed by atoms with Gasteiger partial charge >= 0.3 is 0 Å². The first kappa shape index (κ1) is 17.6. The number of hydrogen-bond acceptors (Lipinski definition) is 4. The maximum Gasteiger partial charge on any atom is 0.259 e. The van der Waals surface area contributed by atoms with Crippen LogP contribution in [0.15, 0.2) is 36.5 Å². The third-order valence-electron chi connectivity index (χ3n) is 3.12. The molecule has 0 aliphatic heterocycles. The van der Waals surface area contributed by atoms with Crippen molar-refractivity contribution in [2.24, 2.45) is 0 Å². The van der Waals surface area contributed by atoms with Crippen molar-refractivity contribution < 1.29 is 9.53 Å². The van der Waals surface area contributed by atoms with Crippen LogP contribution in [0.1, 0.15) is 15.9 Å². The molecule has 0 aliphatic rings. The minimum atomic E-state index is -1.42. The number of nitrogen functional groups attached to an aromatic ring is 1. The Labute approximate surface area is 143 Å². The summed E-state index contributed by atoms with van der Waals surface area (Å²) in [6, 6.07) is 8.62. The lowest BCUT2D eigenvalue weighted by Crippen LogP contribution is -2.16. The molecule has 0 saturated carbocycles. The molecule has 24 heavy (non-hydrogen) atoms. The number of nitrogens with two attached hydrogens (primary N) is 1. The topological polar surface area (TPSA) is 77.2 Å². The van der Waals surface area contributed by atoms with Crippen LogP contribution in [0.4, 0.5) is 11.5 Å². The van der Waals surface area contributed by atoms with E-state index in [1.807, 2.05) is 6.07 Å². The van der Waals surface area contributed by atoms with Crippen molar-refractivity contribution in [3.8, 4) is 17.2 Å². The standard InChI is InChI=1S/C18H21N3O2Si/c1-23-15-7-5-6-14(17(15)19)18(22)21-16-9-8-13(12-20-16)10-11-24(2,3)4/h5-9,12H,19H2,1-4H3,(H,20,21,22). The zero-order valence-electron chi connectivity index (χ0n) is 14.3. The molecule has 2 aromatic rings. The predicted molar refractivity (Wildman–Crippen MR) is 99.8 cm³/mol. The highest BCUT2D eigenvalue weighted by atomic mass is 28.3. The number of rotatable bonds is 3. The summed E-state index contributed by atoms with van der Waals surface area (Å²) in [7, 11) is 0.0854. The molecule has 0 saturated heterocycles. The number of carbonyl (C=O) groups excluding carboxylic acids is 1. The van der Waals surface area contributed by atoms with Gasteiger partial charge in [0.25, 0.3) is 5.91 Å². The number of hydrogen-bond donors (Lipinski definition) is 2. The fourth-order valence-electron chi connectivity index (χ4n) is 1.91. The SMILES string of the molecule is COc1cccc(C(=O)Nc2ccc(C#C[Si](C)(C)C)cn2)c1N. The normalized spacial score (nSPS) is 10.5. The Bertz CT molecular complexity index is 800. The molecule has 6 heteroatoms. The van der Waals surface area contributed by atoms with Crippen molar-refractivity contribution in [3.63, 3.8) is 0 Å². The average Bonchev–Trinajstić information content (AvgIpc) is 2.53. The molecule has 1 aromatic heterocycles. The van der Waals surface area contributed by atoms with E-state index in [0.29, 0.717) is 22.8 Å². The Morgan fingerprint density at radius 3 is 2.58 bits per heavy atom. The van der Waals surface area contributed by atoms with E-state index in [1.165, 1.54) is 7.11 Å². The second-order valence-electron chi connectivity index (χ2n) is 6.31. The summed E-state index contributed by atoms with van der Waals surface area (Å²) in [6.45, 7) is 6.54. The highest BCUT2D eigenvalue weighted by molar-refractivity contribution is 6.83. The number of benzene rings is 1. The van der Waals surface area contributed by atoms with Crippen LogP contribution in [0.25, 0.3) is 0 Å². The fourth-order valence-corrected chi connectivity index (χ4v) is 2.42. The zero-order valence-corrected chi connectivity index (χ0v) is 15.3. The van der Waals surface area contributed by atoms with Crippen LogP contribution in [0, 0.1) is 11.5 Å². The van der Waals surface area contributed by atoms with E-state index in [2.05, 4.69) is 41.4 Å². The number of amides is 1. The molecule has 3 N–H and O–H groups in total. The summed E-state index contributed by atoms with van der Waals surface area (Å²) >= 11 is 0. The number of ether oxygens (including phenoxy) is 1. The van der Waals surface area contributed by atoms with Gasteiger partial charge in [0.05, 0.1) is 18.4 Å². The number of pyridine rings is 1. The predicted octanol–water partition coefficient (Wildman–Crippen LogP) is 3.15. The maximum atomic E-state index is 12.3. The Kier molecular flexibility index (Phi) is 5.27. The molecular weight excluding hydrogens is 318 g/mol. The molecule has 0 spiro atoms. The van der Waals surface area contributed by atoms with Crippen molar-refractivity contribution in [2.75, 3.05) is 18.2 Å². The Balaban J connectivity index is 2.14. The van der Waals surface area contributed by atoms with Crippen molar-refractivity contribution in [3.05, 3.63) is 47.7 Å². The molecule has 0 fully saturated rings. The first-order valence-electron chi connectivity index (χ1n) is 7.53. The third kappa shape index (κ3) is 4.60. The van der Waals surface area contributed by atoms with Gasteiger partial charge in [0.1, 0.15) is 19.6 Å². The van der Waals surface area contributed by atoms with Crippen molar-refractivity contribution in [1.82, 2.24) is 4.98 Å². The number of carbonyl (C=O) groups is 1. The largest absolute Gasteiger partial charge is 0.495 e. The zero-order chi connectivity index (χ0) is 17.7. The van der Waals surface area contributed by atoms with E-state index in [1.54, 1.807) is 30.5 Å². The monoisotopic (exact) mass is 339 g/mol. The van der Waals surface area contributed by atoms with Crippen molar-refractivity contribution in [2.45, 2.75) is 19.6 Å². The second-order valence-corrected chi connectivity index (χ2v) is 11.1. The third-order valence-corrected chi connectivity index (χ3v) is 3.99. The molecule has 0 atom stereocenters. The lowest BCUT2D eigenvalue weighted by Gasteiger charge is -2.10. The van der Waals surface area contributed by atoms with E-state index in [4.69, 9.17) is 10.5 Å². The van der Waals surface area contributed by atoms with Crippen molar-refractivity contribution in [1.29, 1.82) is 0 Å². The van der Waals surface area contributed by atoms with Crippen LogP contribution in [0.5, 0.6) is 5.75 Å². The quantitative estimate of drug-likeness (QED) is 0.511. The number of nitrogens with zero attached hydrogens (tertiary/aromatic N) is 1. The van der Waals surface area contributed by atoms with Gasteiger partial charge in [0.15, 0.2) is 0 Å². The van der Waals surface area contributed by atoms with Gasteiger partial charge in [0.2, 0.25) is 0 Å². The van der Waals surface area contributed by atoms with Crippen LogP contribution in [-0.2, 0) is 0 Å². The summed E-state index contributed by atoms with van der Waals surface area (Å²) in [6.07, 6.45) is 1.65. The Morgan fingerprint density at radius 1 is 1.25 bits per heavy atom. The molecular formula is C18H21N3O2Si. The van der Waals surface area contributed by atoms with Gasteiger partial charge in [-0.25, -0.2) is 4.98 Å².